The number of carbonyl (C=O) groups excluding carboxylic acids is 2. The Bertz CT molecular complexity index is 1240. The van der Waals surface area contributed by atoms with Crippen LogP contribution in [0.1, 0.15) is 296 Å². The van der Waals surface area contributed by atoms with Crippen molar-refractivity contribution in [2.24, 2.45) is 0 Å². The van der Waals surface area contributed by atoms with Gasteiger partial charge in [-0.1, -0.05) is 263 Å². The first-order valence-electron chi connectivity index (χ1n) is 30.1. The highest BCUT2D eigenvalue weighted by Gasteiger charge is 2.27. The molecule has 0 heterocycles. The minimum Gasteiger partial charge on any atom is -0.462 e. The van der Waals surface area contributed by atoms with Crippen LogP contribution in [0.2, 0.25) is 0 Å². The van der Waals surface area contributed by atoms with E-state index >= 15 is 0 Å². The molecule has 0 amide bonds. The maximum Gasteiger partial charge on any atom is 0.472 e. The normalized spacial score (nSPS) is 13.4. The van der Waals surface area contributed by atoms with Crippen LogP contribution < -0.4 is 0 Å². The maximum atomic E-state index is 12.8. The van der Waals surface area contributed by atoms with Gasteiger partial charge in [-0.3, -0.25) is 18.6 Å². The zero-order chi connectivity index (χ0) is 51.3. The fourth-order valence-corrected chi connectivity index (χ4v) is 9.56. The molecule has 70 heavy (non-hydrogen) atoms. The van der Waals surface area contributed by atoms with Crippen LogP contribution in [-0.2, 0) is 32.7 Å². The molecule has 1 N–H and O–H groups in total. The lowest BCUT2D eigenvalue weighted by molar-refractivity contribution is -0.870. The first kappa shape index (κ1) is 68.5. The average Bonchev–Trinajstić information content (AvgIpc) is 3.32. The van der Waals surface area contributed by atoms with Crippen molar-refractivity contribution in [1.82, 2.24) is 0 Å². The number of quaternary nitrogens is 1. The monoisotopic (exact) mass is 1010 g/mol. The van der Waals surface area contributed by atoms with Crippen LogP contribution >= 0.6 is 7.82 Å². The van der Waals surface area contributed by atoms with Gasteiger partial charge in [0.1, 0.15) is 19.8 Å². The lowest BCUT2D eigenvalue weighted by atomic mass is 10.0. The van der Waals surface area contributed by atoms with Crippen molar-refractivity contribution < 1.29 is 42.1 Å². The lowest BCUT2D eigenvalue weighted by Gasteiger charge is -2.24. The summed E-state index contributed by atoms with van der Waals surface area (Å²) in [5.41, 5.74) is 0. The first-order chi connectivity index (χ1) is 34.0. The van der Waals surface area contributed by atoms with Crippen LogP contribution in [0.25, 0.3) is 0 Å². The fourth-order valence-electron chi connectivity index (χ4n) is 8.81. The molecule has 0 saturated heterocycles. The van der Waals surface area contributed by atoms with E-state index in [9.17, 15) is 19.0 Å². The SMILES string of the molecule is CCCCCC/C=C\C/C=C\CCCCCCCC(=O)OC(COC(=O)CCCCCCCCCCCCCCCCCCCCCCCCCCCCCCCC)COP(=O)(O)OCC[N+](C)(C)C. The average molecular weight is 1010 g/mol. The molecule has 0 saturated carbocycles. The molecule has 0 spiro atoms. The summed E-state index contributed by atoms with van der Waals surface area (Å²) < 4.78 is 34.5. The second kappa shape index (κ2) is 52.4. The highest BCUT2D eigenvalue weighted by Crippen LogP contribution is 2.43. The molecular formula is C60H117NO8P+. The van der Waals surface area contributed by atoms with E-state index in [1.54, 1.807) is 0 Å². The van der Waals surface area contributed by atoms with E-state index in [2.05, 4.69) is 38.2 Å². The molecule has 9 nitrogen and oxygen atoms in total. The fraction of sp³-hybridized carbons (Fsp3) is 0.900. The zero-order valence-corrected chi connectivity index (χ0v) is 47.9. The lowest BCUT2D eigenvalue weighted by Crippen LogP contribution is -2.37. The van der Waals surface area contributed by atoms with Crippen LogP contribution in [0, 0.1) is 0 Å². The Morgan fingerprint density at radius 1 is 0.443 bits per heavy atom. The number of rotatable bonds is 56. The Labute approximate surface area is 434 Å². The summed E-state index contributed by atoms with van der Waals surface area (Å²) in [6.45, 7) is 4.45. The van der Waals surface area contributed by atoms with Gasteiger partial charge in [-0.25, -0.2) is 4.57 Å². The molecule has 0 aromatic rings. The molecule has 414 valence electrons. The van der Waals surface area contributed by atoms with Crippen molar-refractivity contribution in [2.45, 2.75) is 302 Å². The first-order valence-corrected chi connectivity index (χ1v) is 31.6. The van der Waals surface area contributed by atoms with Gasteiger partial charge in [0.25, 0.3) is 0 Å². The van der Waals surface area contributed by atoms with Crippen LogP contribution in [0.5, 0.6) is 0 Å². The predicted octanol–water partition coefficient (Wildman–Crippen LogP) is 18.6. The number of nitrogens with zero attached hydrogens (tertiary/aromatic N) is 1. The van der Waals surface area contributed by atoms with Gasteiger partial charge in [-0.05, 0) is 44.9 Å². The Balaban J connectivity index is 4.02. The van der Waals surface area contributed by atoms with E-state index in [4.69, 9.17) is 18.5 Å². The molecule has 0 aliphatic rings. The Kier molecular flexibility index (Phi) is 51.2. The molecule has 0 radical (unpaired) electrons. The number of likely N-dealkylation sites (N-methyl/N-ethyl adjacent to an activating group) is 1. The summed E-state index contributed by atoms with van der Waals surface area (Å²) in [4.78, 5) is 35.6. The van der Waals surface area contributed by atoms with Crippen molar-refractivity contribution in [1.29, 1.82) is 0 Å². The molecule has 2 unspecified atom stereocenters. The summed E-state index contributed by atoms with van der Waals surface area (Å²) in [6, 6.07) is 0. The highest BCUT2D eigenvalue weighted by atomic mass is 31.2. The molecule has 0 rings (SSSR count). The zero-order valence-electron chi connectivity index (χ0n) is 47.0. The third kappa shape index (κ3) is 55.8. The van der Waals surface area contributed by atoms with Gasteiger partial charge in [0, 0.05) is 12.8 Å². The highest BCUT2D eigenvalue weighted by molar-refractivity contribution is 7.47. The number of unbranched alkanes of at least 4 members (excludes halogenated alkanes) is 38. The molecular weight excluding hydrogens is 894 g/mol. The van der Waals surface area contributed by atoms with Crippen molar-refractivity contribution in [2.75, 3.05) is 47.5 Å². The van der Waals surface area contributed by atoms with Crippen LogP contribution in [0.15, 0.2) is 24.3 Å². The van der Waals surface area contributed by atoms with E-state index < -0.39 is 26.5 Å². The summed E-state index contributed by atoms with van der Waals surface area (Å²) in [6.07, 6.45) is 62.7. The smallest absolute Gasteiger partial charge is 0.462 e. The molecule has 2 atom stereocenters. The number of hydrogen-bond acceptors (Lipinski definition) is 7. The standard InChI is InChI=1S/C60H116NO8P/c1-6-8-10-12-14-16-18-20-22-24-25-26-27-28-29-30-31-32-33-34-35-36-37-39-40-42-44-46-48-50-52-59(62)66-56-58(57-68-70(64,65)67-55-54-61(3,4)5)69-60(63)53-51-49-47-45-43-41-38-23-21-19-17-15-13-11-9-7-2/h17,19,23,38,58H,6-16,18,20-22,24-37,39-57H2,1-5H3/p+1/b19-17-,38-23-. The Morgan fingerprint density at radius 2 is 0.771 bits per heavy atom. The second-order valence-corrected chi connectivity index (χ2v) is 23.2. The van der Waals surface area contributed by atoms with Crippen LogP contribution in [0.3, 0.4) is 0 Å². The number of carbonyl (C=O) groups is 2. The van der Waals surface area contributed by atoms with Crippen molar-refractivity contribution >= 4 is 19.8 Å². The molecule has 0 aromatic carbocycles. The minimum atomic E-state index is -4.38. The topological polar surface area (TPSA) is 108 Å². The molecule has 0 aromatic heterocycles. The quantitative estimate of drug-likeness (QED) is 0.0211. The number of allylic oxidation sites excluding steroid dienone is 4. The Morgan fingerprint density at radius 3 is 1.14 bits per heavy atom. The van der Waals surface area contributed by atoms with E-state index in [-0.39, 0.29) is 25.6 Å². The molecule has 0 aliphatic heterocycles. The number of phosphoric acid groups is 1. The van der Waals surface area contributed by atoms with Gasteiger partial charge in [-0.15, -0.1) is 0 Å². The number of ether oxygens (including phenoxy) is 2. The second-order valence-electron chi connectivity index (χ2n) is 21.7. The van der Waals surface area contributed by atoms with Gasteiger partial charge in [0.05, 0.1) is 27.7 Å². The third-order valence-corrected chi connectivity index (χ3v) is 14.5. The number of phosphoric ester groups is 1. The van der Waals surface area contributed by atoms with Gasteiger partial charge in [-0.2, -0.15) is 0 Å². The van der Waals surface area contributed by atoms with Crippen molar-refractivity contribution in [3.8, 4) is 0 Å². The van der Waals surface area contributed by atoms with Crippen molar-refractivity contribution in [3.05, 3.63) is 24.3 Å². The number of hydrogen-bond donors (Lipinski definition) is 1. The predicted molar refractivity (Wildman–Crippen MR) is 298 cm³/mol. The summed E-state index contributed by atoms with van der Waals surface area (Å²) in [5.74, 6) is -0.799. The molecule has 0 aliphatic carbocycles. The third-order valence-electron chi connectivity index (χ3n) is 13.5. The van der Waals surface area contributed by atoms with Gasteiger partial charge in [0.15, 0.2) is 6.10 Å². The van der Waals surface area contributed by atoms with Gasteiger partial charge >= 0.3 is 19.8 Å². The summed E-state index contributed by atoms with van der Waals surface area (Å²) in [7, 11) is 1.48. The van der Waals surface area contributed by atoms with Crippen LogP contribution in [0.4, 0.5) is 0 Å². The molecule has 0 fully saturated rings. The molecule has 0 bridgehead atoms. The van der Waals surface area contributed by atoms with Gasteiger partial charge in [0.2, 0.25) is 0 Å². The van der Waals surface area contributed by atoms with Crippen molar-refractivity contribution in [3.63, 3.8) is 0 Å². The van der Waals surface area contributed by atoms with Gasteiger partial charge < -0.3 is 18.9 Å². The molecule has 10 heteroatoms. The van der Waals surface area contributed by atoms with E-state index in [0.29, 0.717) is 23.9 Å². The summed E-state index contributed by atoms with van der Waals surface area (Å²) >= 11 is 0. The largest absolute Gasteiger partial charge is 0.472 e. The van der Waals surface area contributed by atoms with E-state index in [1.807, 2.05) is 21.1 Å². The van der Waals surface area contributed by atoms with Crippen LogP contribution in [-0.4, -0.2) is 74.9 Å². The minimum absolute atomic E-state index is 0.0311. The summed E-state index contributed by atoms with van der Waals surface area (Å²) in [5, 5.41) is 0. The Hall–Kier alpha value is -1.51. The van der Waals surface area contributed by atoms with E-state index in [0.717, 1.165) is 57.8 Å². The van der Waals surface area contributed by atoms with E-state index in [1.165, 1.54) is 205 Å². The maximum absolute atomic E-state index is 12.8. The number of esters is 2.